The fourth-order valence-electron chi connectivity index (χ4n) is 3.27. The third-order valence-electron chi connectivity index (χ3n) is 4.39. The molecule has 19 heavy (non-hydrogen) atoms. The molecule has 1 nitrogen and oxygen atoms in total. The van der Waals surface area contributed by atoms with Gasteiger partial charge in [-0.15, -0.1) is 0 Å². The predicted molar refractivity (Wildman–Crippen MR) is 83.5 cm³/mol. The van der Waals surface area contributed by atoms with Gasteiger partial charge in [0.2, 0.25) is 0 Å². The molecule has 0 aliphatic heterocycles. The molecular weight excluding hydrogens is 230 g/mol. The second kappa shape index (κ2) is 7.69. The second-order valence-corrected chi connectivity index (χ2v) is 6.41. The zero-order valence-electron chi connectivity index (χ0n) is 12.6. The molecule has 0 spiro atoms. The number of hydrogen-bond acceptors (Lipinski definition) is 1. The highest BCUT2D eigenvalue weighted by Crippen LogP contribution is 2.32. The molecule has 0 heterocycles. The fraction of sp³-hybridized carbons (Fsp3) is 0.667. The largest absolute Gasteiger partial charge is 0.314 e. The minimum absolute atomic E-state index is 0.581. The van der Waals surface area contributed by atoms with Gasteiger partial charge in [0.1, 0.15) is 0 Å². The Morgan fingerprint density at radius 2 is 1.74 bits per heavy atom. The van der Waals surface area contributed by atoms with Crippen molar-refractivity contribution in [2.24, 2.45) is 5.92 Å². The van der Waals surface area contributed by atoms with Gasteiger partial charge in [0, 0.05) is 12.6 Å². The summed E-state index contributed by atoms with van der Waals surface area (Å²) >= 11 is 0. The van der Waals surface area contributed by atoms with E-state index < -0.39 is 0 Å². The van der Waals surface area contributed by atoms with Gasteiger partial charge >= 0.3 is 0 Å². The molecule has 1 heteroatoms. The molecule has 0 saturated heterocycles. The summed E-state index contributed by atoms with van der Waals surface area (Å²) < 4.78 is 0. The first-order valence-electron chi connectivity index (χ1n) is 8.04. The van der Waals surface area contributed by atoms with Crippen LogP contribution in [0.1, 0.15) is 63.9 Å². The summed E-state index contributed by atoms with van der Waals surface area (Å²) in [5.74, 6) is 1.64. The monoisotopic (exact) mass is 259 g/mol. The van der Waals surface area contributed by atoms with Crippen molar-refractivity contribution < 1.29 is 0 Å². The summed E-state index contributed by atoms with van der Waals surface area (Å²) in [6.45, 7) is 5.60. The average Bonchev–Trinajstić information content (AvgIpc) is 2.45. The predicted octanol–water partition coefficient (Wildman–Crippen LogP) is 4.74. The summed E-state index contributed by atoms with van der Waals surface area (Å²) in [4.78, 5) is 0. The first-order valence-corrected chi connectivity index (χ1v) is 8.04. The van der Waals surface area contributed by atoms with E-state index in [9.17, 15) is 0 Å². The molecule has 1 aliphatic rings. The smallest absolute Gasteiger partial charge is 0.00226 e. The Bertz CT molecular complexity index is 338. The SMILES string of the molecule is CC(C)NCC(CC1CCCCC1)c1ccccc1. The van der Waals surface area contributed by atoms with E-state index in [1.165, 1.54) is 44.1 Å². The molecule has 1 aromatic carbocycles. The van der Waals surface area contributed by atoms with Crippen molar-refractivity contribution >= 4 is 0 Å². The van der Waals surface area contributed by atoms with Crippen LogP contribution in [0.5, 0.6) is 0 Å². The van der Waals surface area contributed by atoms with Gasteiger partial charge in [0.25, 0.3) is 0 Å². The first-order chi connectivity index (χ1) is 9.25. The number of nitrogens with one attached hydrogen (secondary N) is 1. The highest BCUT2D eigenvalue weighted by molar-refractivity contribution is 5.20. The average molecular weight is 259 g/mol. The van der Waals surface area contributed by atoms with Crippen molar-refractivity contribution in [3.8, 4) is 0 Å². The van der Waals surface area contributed by atoms with E-state index in [2.05, 4.69) is 49.5 Å². The summed E-state index contributed by atoms with van der Waals surface area (Å²) in [6, 6.07) is 11.7. The minimum atomic E-state index is 0.581. The van der Waals surface area contributed by atoms with Gasteiger partial charge in [0.15, 0.2) is 0 Å². The molecule has 1 atom stereocenters. The van der Waals surface area contributed by atoms with Crippen LogP contribution in [0.15, 0.2) is 30.3 Å². The van der Waals surface area contributed by atoms with Gasteiger partial charge in [-0.05, 0) is 23.8 Å². The fourth-order valence-corrected chi connectivity index (χ4v) is 3.27. The summed E-state index contributed by atoms with van der Waals surface area (Å²) in [7, 11) is 0. The Hall–Kier alpha value is -0.820. The van der Waals surface area contributed by atoms with Crippen molar-refractivity contribution in [3.63, 3.8) is 0 Å². The van der Waals surface area contributed by atoms with E-state index in [-0.39, 0.29) is 0 Å². The highest BCUT2D eigenvalue weighted by Gasteiger charge is 2.20. The second-order valence-electron chi connectivity index (χ2n) is 6.41. The maximum absolute atomic E-state index is 3.63. The van der Waals surface area contributed by atoms with E-state index in [0.717, 1.165) is 12.5 Å². The lowest BCUT2D eigenvalue weighted by Crippen LogP contribution is -2.29. The van der Waals surface area contributed by atoms with Crippen LogP contribution in [-0.2, 0) is 0 Å². The Labute approximate surface area is 118 Å². The van der Waals surface area contributed by atoms with Gasteiger partial charge in [-0.2, -0.15) is 0 Å². The zero-order valence-corrected chi connectivity index (χ0v) is 12.6. The van der Waals surface area contributed by atoms with Gasteiger partial charge in [-0.25, -0.2) is 0 Å². The third kappa shape index (κ3) is 4.99. The molecule has 2 rings (SSSR count). The third-order valence-corrected chi connectivity index (χ3v) is 4.39. The van der Waals surface area contributed by atoms with Crippen LogP contribution in [0.3, 0.4) is 0 Å². The normalized spacial score (nSPS) is 18.7. The van der Waals surface area contributed by atoms with E-state index >= 15 is 0 Å². The van der Waals surface area contributed by atoms with Crippen molar-refractivity contribution in [2.45, 2.75) is 64.3 Å². The van der Waals surface area contributed by atoms with Crippen LogP contribution in [0.4, 0.5) is 0 Å². The molecule has 0 aromatic heterocycles. The van der Waals surface area contributed by atoms with E-state index in [4.69, 9.17) is 0 Å². The molecule has 1 N–H and O–H groups in total. The van der Waals surface area contributed by atoms with Crippen LogP contribution >= 0.6 is 0 Å². The van der Waals surface area contributed by atoms with Crippen molar-refractivity contribution in [3.05, 3.63) is 35.9 Å². The lowest BCUT2D eigenvalue weighted by Gasteiger charge is -2.27. The molecule has 1 unspecified atom stereocenters. The highest BCUT2D eigenvalue weighted by atomic mass is 14.9. The van der Waals surface area contributed by atoms with Gasteiger partial charge in [-0.3, -0.25) is 0 Å². The molecule has 0 bridgehead atoms. The summed E-state index contributed by atoms with van der Waals surface area (Å²) in [5.41, 5.74) is 1.52. The molecule has 0 amide bonds. The standard InChI is InChI=1S/C18H29N/c1-15(2)19-14-18(17-11-7-4-8-12-17)13-16-9-5-3-6-10-16/h4,7-8,11-12,15-16,18-19H,3,5-6,9-10,13-14H2,1-2H3. The molecular formula is C18H29N. The molecule has 106 valence electrons. The van der Waals surface area contributed by atoms with E-state index in [1.807, 2.05) is 0 Å². The van der Waals surface area contributed by atoms with Gasteiger partial charge < -0.3 is 5.32 Å². The summed E-state index contributed by atoms with van der Waals surface area (Å²) in [6.07, 6.45) is 8.62. The van der Waals surface area contributed by atoms with Crippen LogP contribution < -0.4 is 5.32 Å². The number of rotatable bonds is 6. The molecule has 1 saturated carbocycles. The summed E-state index contributed by atoms with van der Waals surface area (Å²) in [5, 5.41) is 3.63. The van der Waals surface area contributed by atoms with Crippen molar-refractivity contribution in [1.82, 2.24) is 5.32 Å². The van der Waals surface area contributed by atoms with Crippen LogP contribution in [0, 0.1) is 5.92 Å². The molecule has 1 aromatic rings. The quantitative estimate of drug-likeness (QED) is 0.778. The lowest BCUT2D eigenvalue weighted by molar-refractivity contribution is 0.311. The zero-order chi connectivity index (χ0) is 13.5. The molecule has 1 fully saturated rings. The van der Waals surface area contributed by atoms with Crippen molar-refractivity contribution in [2.75, 3.05) is 6.54 Å². The lowest BCUT2D eigenvalue weighted by atomic mass is 9.80. The molecule has 0 radical (unpaired) electrons. The van der Waals surface area contributed by atoms with Crippen LogP contribution in [0.2, 0.25) is 0 Å². The molecule has 1 aliphatic carbocycles. The van der Waals surface area contributed by atoms with Gasteiger partial charge in [0.05, 0.1) is 0 Å². The first kappa shape index (κ1) is 14.6. The van der Waals surface area contributed by atoms with E-state index in [1.54, 1.807) is 0 Å². The number of benzene rings is 1. The van der Waals surface area contributed by atoms with Crippen LogP contribution in [-0.4, -0.2) is 12.6 Å². The Kier molecular flexibility index (Phi) is 5.91. The Morgan fingerprint density at radius 1 is 1.05 bits per heavy atom. The maximum Gasteiger partial charge on any atom is 0.00226 e. The Balaban J connectivity index is 1.96. The Morgan fingerprint density at radius 3 is 2.37 bits per heavy atom. The topological polar surface area (TPSA) is 12.0 Å². The maximum atomic E-state index is 3.63. The van der Waals surface area contributed by atoms with E-state index in [0.29, 0.717) is 12.0 Å². The van der Waals surface area contributed by atoms with Crippen LogP contribution in [0.25, 0.3) is 0 Å². The van der Waals surface area contributed by atoms with Crippen molar-refractivity contribution in [1.29, 1.82) is 0 Å². The van der Waals surface area contributed by atoms with Gasteiger partial charge in [-0.1, -0.05) is 76.3 Å². The minimum Gasteiger partial charge on any atom is -0.314 e. The number of hydrogen-bond donors (Lipinski definition) is 1.